The Hall–Kier alpha value is -1.10. The smallest absolute Gasteiger partial charge is 0.254 e. The summed E-state index contributed by atoms with van der Waals surface area (Å²) in [6.45, 7) is 0. The van der Waals surface area contributed by atoms with Crippen LogP contribution in [0, 0.1) is 5.82 Å². The van der Waals surface area contributed by atoms with Gasteiger partial charge in [-0.2, -0.15) is 0 Å². The lowest BCUT2D eigenvalue weighted by Crippen LogP contribution is -2.38. The predicted octanol–water partition coefficient (Wildman–Crippen LogP) is 3.27. The predicted molar refractivity (Wildman–Crippen MR) is 75.4 cm³/mol. The zero-order valence-electron chi connectivity index (χ0n) is 10.8. The Morgan fingerprint density at radius 2 is 2.05 bits per heavy atom. The number of hydrogen-bond donors (Lipinski definition) is 1. The number of methoxy groups -OCH3 is 1. The summed E-state index contributed by atoms with van der Waals surface area (Å²) in [5.41, 5.74) is 0.0711. The normalized spacial score (nSPS) is 22.9. The van der Waals surface area contributed by atoms with Gasteiger partial charge in [-0.25, -0.2) is 4.39 Å². The van der Waals surface area contributed by atoms with Crippen LogP contribution in [0.5, 0.6) is 5.75 Å². The molecule has 0 bridgehead atoms. The monoisotopic (exact) mass is 329 g/mol. The summed E-state index contributed by atoms with van der Waals surface area (Å²) in [5.74, 6) is -0.488. The van der Waals surface area contributed by atoms with Gasteiger partial charge < -0.3 is 10.1 Å². The van der Waals surface area contributed by atoms with Crippen molar-refractivity contribution < 1.29 is 13.9 Å². The molecule has 1 aliphatic rings. The summed E-state index contributed by atoms with van der Waals surface area (Å²) in [5, 5.41) is 2.89. The first-order chi connectivity index (χ1) is 9.10. The lowest BCUT2D eigenvalue weighted by Gasteiger charge is -2.26. The average molecular weight is 330 g/mol. The molecule has 1 aliphatic carbocycles. The zero-order valence-corrected chi connectivity index (χ0v) is 12.4. The van der Waals surface area contributed by atoms with E-state index in [0.717, 1.165) is 25.7 Å². The number of hydrogen-bond acceptors (Lipinski definition) is 2. The Labute approximate surface area is 120 Å². The Balaban J connectivity index is 2.00. The minimum atomic E-state index is -0.550. The maximum atomic E-state index is 13.8. The third-order valence-electron chi connectivity index (χ3n) is 3.41. The van der Waals surface area contributed by atoms with E-state index in [1.54, 1.807) is 6.07 Å². The number of alkyl halides is 1. The average Bonchev–Trinajstić information content (AvgIpc) is 2.41. The minimum Gasteiger partial charge on any atom is -0.497 e. The van der Waals surface area contributed by atoms with Crippen molar-refractivity contribution in [3.63, 3.8) is 0 Å². The number of amides is 1. The molecule has 0 unspecified atom stereocenters. The highest BCUT2D eigenvalue weighted by Crippen LogP contribution is 2.24. The second-order valence-corrected chi connectivity index (χ2v) is 6.06. The van der Waals surface area contributed by atoms with Crippen molar-refractivity contribution in [1.82, 2.24) is 5.32 Å². The molecule has 1 aromatic carbocycles. The molecule has 0 atom stereocenters. The molecule has 1 aromatic rings. The summed E-state index contributed by atoms with van der Waals surface area (Å²) in [4.78, 5) is 12.6. The number of nitrogens with one attached hydrogen (secondary N) is 1. The Kier molecular flexibility index (Phi) is 4.80. The van der Waals surface area contributed by atoms with Crippen molar-refractivity contribution in [3.05, 3.63) is 29.6 Å². The maximum Gasteiger partial charge on any atom is 0.254 e. The van der Waals surface area contributed by atoms with Gasteiger partial charge in [0.1, 0.15) is 11.6 Å². The van der Waals surface area contributed by atoms with Crippen LogP contribution in [0.1, 0.15) is 36.0 Å². The molecule has 0 aromatic heterocycles. The molecule has 0 saturated heterocycles. The third kappa shape index (κ3) is 3.69. The van der Waals surface area contributed by atoms with Gasteiger partial charge in [0.05, 0.1) is 12.7 Å². The van der Waals surface area contributed by atoms with Crippen molar-refractivity contribution in [2.75, 3.05) is 7.11 Å². The van der Waals surface area contributed by atoms with E-state index in [2.05, 4.69) is 21.2 Å². The maximum absolute atomic E-state index is 13.8. The van der Waals surface area contributed by atoms with Gasteiger partial charge in [0.2, 0.25) is 0 Å². The van der Waals surface area contributed by atoms with E-state index in [1.165, 1.54) is 19.2 Å². The first kappa shape index (κ1) is 14.3. The standard InChI is InChI=1S/C14H17BrFNO2/c1-19-11-6-7-12(13(16)8-11)14(18)17-10-4-2-9(15)3-5-10/h6-10H,2-5H2,1H3,(H,17,18). The van der Waals surface area contributed by atoms with Gasteiger partial charge in [0.15, 0.2) is 0 Å². The van der Waals surface area contributed by atoms with Crippen LogP contribution in [0.4, 0.5) is 4.39 Å². The van der Waals surface area contributed by atoms with Gasteiger partial charge >= 0.3 is 0 Å². The van der Waals surface area contributed by atoms with Gasteiger partial charge in [0, 0.05) is 16.9 Å². The second-order valence-electron chi connectivity index (χ2n) is 4.77. The van der Waals surface area contributed by atoms with Crippen LogP contribution < -0.4 is 10.1 Å². The van der Waals surface area contributed by atoms with Gasteiger partial charge in [-0.05, 0) is 37.8 Å². The van der Waals surface area contributed by atoms with Crippen LogP contribution in [-0.4, -0.2) is 23.9 Å². The van der Waals surface area contributed by atoms with Crippen LogP contribution in [0.2, 0.25) is 0 Å². The lowest BCUT2D eigenvalue weighted by molar-refractivity contribution is 0.0924. The van der Waals surface area contributed by atoms with Crippen molar-refractivity contribution in [2.24, 2.45) is 0 Å². The molecule has 19 heavy (non-hydrogen) atoms. The quantitative estimate of drug-likeness (QED) is 0.864. The van der Waals surface area contributed by atoms with E-state index in [4.69, 9.17) is 4.74 Å². The molecule has 1 N–H and O–H groups in total. The molecule has 2 rings (SSSR count). The summed E-state index contributed by atoms with van der Waals surface area (Å²) in [7, 11) is 1.47. The first-order valence-corrected chi connectivity index (χ1v) is 7.30. The van der Waals surface area contributed by atoms with Crippen molar-refractivity contribution in [2.45, 2.75) is 36.6 Å². The van der Waals surface area contributed by atoms with Gasteiger partial charge in [-0.15, -0.1) is 0 Å². The van der Waals surface area contributed by atoms with E-state index < -0.39 is 5.82 Å². The van der Waals surface area contributed by atoms with Crippen LogP contribution >= 0.6 is 15.9 Å². The first-order valence-electron chi connectivity index (χ1n) is 6.38. The second kappa shape index (κ2) is 6.37. The van der Waals surface area contributed by atoms with Crippen molar-refractivity contribution >= 4 is 21.8 Å². The summed E-state index contributed by atoms with van der Waals surface area (Å²) in [6, 6.07) is 4.42. The highest BCUT2D eigenvalue weighted by Gasteiger charge is 2.22. The molecule has 0 aliphatic heterocycles. The minimum absolute atomic E-state index is 0.0711. The van der Waals surface area contributed by atoms with Crippen LogP contribution in [0.25, 0.3) is 0 Å². The fourth-order valence-electron chi connectivity index (χ4n) is 2.27. The molecule has 3 nitrogen and oxygen atoms in total. The van der Waals surface area contributed by atoms with Crippen molar-refractivity contribution in [1.29, 1.82) is 0 Å². The number of carbonyl (C=O) groups excluding carboxylic acids is 1. The van der Waals surface area contributed by atoms with Crippen LogP contribution in [0.15, 0.2) is 18.2 Å². The van der Waals surface area contributed by atoms with E-state index in [1.807, 2.05) is 0 Å². The molecule has 104 valence electrons. The Bertz CT molecular complexity index is 459. The van der Waals surface area contributed by atoms with Gasteiger partial charge in [-0.3, -0.25) is 4.79 Å². The van der Waals surface area contributed by atoms with Crippen LogP contribution in [0.3, 0.4) is 0 Å². The third-order valence-corrected chi connectivity index (χ3v) is 4.33. The number of benzene rings is 1. The summed E-state index contributed by atoms with van der Waals surface area (Å²) >= 11 is 3.57. The molecule has 5 heteroatoms. The number of carbonyl (C=O) groups is 1. The van der Waals surface area contributed by atoms with Crippen molar-refractivity contribution in [3.8, 4) is 5.75 Å². The fourth-order valence-corrected chi connectivity index (χ4v) is 2.80. The van der Waals surface area contributed by atoms with Gasteiger partial charge in [-0.1, -0.05) is 15.9 Å². The topological polar surface area (TPSA) is 38.3 Å². The lowest BCUT2D eigenvalue weighted by atomic mass is 9.95. The molecule has 1 fully saturated rings. The SMILES string of the molecule is COc1ccc(C(=O)NC2CCC(Br)CC2)c(F)c1. The molecule has 1 saturated carbocycles. The van der Waals surface area contributed by atoms with E-state index in [-0.39, 0.29) is 17.5 Å². The van der Waals surface area contributed by atoms with E-state index in [9.17, 15) is 9.18 Å². The summed E-state index contributed by atoms with van der Waals surface area (Å²) in [6.07, 6.45) is 3.94. The number of ether oxygens (including phenoxy) is 1. The molecule has 0 radical (unpaired) electrons. The Morgan fingerprint density at radius 3 is 2.63 bits per heavy atom. The van der Waals surface area contributed by atoms with Gasteiger partial charge in [0.25, 0.3) is 5.91 Å². The summed E-state index contributed by atoms with van der Waals surface area (Å²) < 4.78 is 18.7. The largest absolute Gasteiger partial charge is 0.497 e. The van der Waals surface area contributed by atoms with Crippen LogP contribution in [-0.2, 0) is 0 Å². The molecule has 1 amide bonds. The number of rotatable bonds is 3. The molecule has 0 spiro atoms. The van der Waals surface area contributed by atoms with E-state index >= 15 is 0 Å². The Morgan fingerprint density at radius 1 is 1.37 bits per heavy atom. The fraction of sp³-hybridized carbons (Fsp3) is 0.500. The highest BCUT2D eigenvalue weighted by atomic mass is 79.9. The molecular weight excluding hydrogens is 313 g/mol. The zero-order chi connectivity index (χ0) is 13.8. The molecule has 0 heterocycles. The molecular formula is C14H17BrFNO2. The van der Waals surface area contributed by atoms with E-state index in [0.29, 0.717) is 10.6 Å². The number of halogens is 2. The highest BCUT2D eigenvalue weighted by molar-refractivity contribution is 9.09.